The molecule has 0 radical (unpaired) electrons. The highest BCUT2D eigenvalue weighted by molar-refractivity contribution is 5.90. The van der Waals surface area contributed by atoms with Crippen LogP contribution < -0.4 is 5.32 Å². The fraction of sp³-hybridized carbons (Fsp3) is 0.917. The molecule has 0 saturated heterocycles. The van der Waals surface area contributed by atoms with Gasteiger partial charge in [0.2, 0.25) is 0 Å². The number of Topliss-reactive ketones (excluding diaryl/α,β-unsaturated/α-hetero) is 1. The molecule has 2 nitrogen and oxygen atoms in total. The maximum atomic E-state index is 12.1. The molecular formula is C12H23NO. The second kappa shape index (κ2) is 4.43. The summed E-state index contributed by atoms with van der Waals surface area (Å²) in [5.74, 6) is 0.558. The van der Waals surface area contributed by atoms with E-state index in [9.17, 15) is 4.79 Å². The Kier molecular flexibility index (Phi) is 3.71. The minimum absolute atomic E-state index is 0.152. The molecule has 0 spiro atoms. The van der Waals surface area contributed by atoms with Crippen molar-refractivity contribution in [3.63, 3.8) is 0 Å². The fourth-order valence-electron chi connectivity index (χ4n) is 2.55. The van der Waals surface area contributed by atoms with Gasteiger partial charge < -0.3 is 5.32 Å². The Balaban J connectivity index is 2.76. The molecule has 0 aromatic heterocycles. The van der Waals surface area contributed by atoms with Crippen LogP contribution in [0.25, 0.3) is 0 Å². The van der Waals surface area contributed by atoms with E-state index in [1.807, 2.05) is 13.8 Å². The van der Waals surface area contributed by atoms with Crippen LogP contribution in [-0.4, -0.2) is 17.4 Å². The zero-order valence-corrected chi connectivity index (χ0v) is 9.89. The second-order valence-electron chi connectivity index (χ2n) is 5.11. The van der Waals surface area contributed by atoms with Crippen LogP contribution in [-0.2, 0) is 4.79 Å². The second-order valence-corrected chi connectivity index (χ2v) is 5.11. The number of carbonyl (C=O) groups excluding carboxylic acids is 1. The maximum absolute atomic E-state index is 12.1. The predicted octanol–water partition coefficient (Wildman–Crippen LogP) is 2.52. The molecule has 1 rings (SSSR count). The summed E-state index contributed by atoms with van der Waals surface area (Å²) in [6.07, 6.45) is 4.45. The van der Waals surface area contributed by atoms with Gasteiger partial charge in [-0.25, -0.2) is 0 Å². The number of rotatable bonds is 4. The van der Waals surface area contributed by atoms with Crippen LogP contribution in [0.3, 0.4) is 0 Å². The molecule has 1 N–H and O–H groups in total. The lowest BCUT2D eigenvalue weighted by molar-refractivity contribution is -0.128. The van der Waals surface area contributed by atoms with Gasteiger partial charge in [0.15, 0.2) is 5.78 Å². The van der Waals surface area contributed by atoms with E-state index >= 15 is 0 Å². The largest absolute Gasteiger partial charge is 0.303 e. The van der Waals surface area contributed by atoms with E-state index in [0.29, 0.717) is 11.8 Å². The Hall–Kier alpha value is -0.370. The summed E-state index contributed by atoms with van der Waals surface area (Å²) in [5, 5.41) is 3.49. The summed E-state index contributed by atoms with van der Waals surface area (Å²) >= 11 is 0. The Morgan fingerprint density at radius 1 is 1.14 bits per heavy atom. The normalized spacial score (nSPS) is 20.7. The van der Waals surface area contributed by atoms with Crippen LogP contribution >= 0.6 is 0 Å². The summed E-state index contributed by atoms with van der Waals surface area (Å²) in [5.41, 5.74) is -0.192. The van der Waals surface area contributed by atoms with Gasteiger partial charge in [-0.3, -0.25) is 4.79 Å². The van der Waals surface area contributed by atoms with Gasteiger partial charge in [-0.05, 0) is 26.7 Å². The van der Waals surface area contributed by atoms with Gasteiger partial charge in [-0.1, -0.05) is 26.7 Å². The van der Waals surface area contributed by atoms with E-state index in [0.717, 1.165) is 12.8 Å². The van der Waals surface area contributed by atoms with Gasteiger partial charge in [-0.2, -0.15) is 0 Å². The molecule has 82 valence electrons. The van der Waals surface area contributed by atoms with Crippen LogP contribution in [0.15, 0.2) is 0 Å². The molecule has 0 amide bonds. The SMILES string of the molecule is CC(C)NC1(C(=O)C(C)C)CCCC1. The van der Waals surface area contributed by atoms with Crippen molar-refractivity contribution < 1.29 is 4.79 Å². The quantitative estimate of drug-likeness (QED) is 0.750. The first-order valence-corrected chi connectivity index (χ1v) is 5.80. The van der Waals surface area contributed by atoms with Gasteiger partial charge in [0.1, 0.15) is 0 Å². The van der Waals surface area contributed by atoms with Crippen molar-refractivity contribution in [3.8, 4) is 0 Å². The Bertz CT molecular complexity index is 202. The molecule has 0 atom stereocenters. The third-order valence-electron chi connectivity index (χ3n) is 3.02. The van der Waals surface area contributed by atoms with Crippen molar-refractivity contribution in [2.45, 2.75) is 65.0 Å². The standard InChI is InChI=1S/C12H23NO/c1-9(2)11(14)12(13-10(3)4)7-5-6-8-12/h9-10,13H,5-8H2,1-4H3. The number of nitrogens with one attached hydrogen (secondary N) is 1. The summed E-state index contributed by atoms with van der Waals surface area (Å²) in [6, 6.07) is 0.399. The van der Waals surface area contributed by atoms with Crippen molar-refractivity contribution >= 4 is 5.78 Å². The zero-order chi connectivity index (χ0) is 10.8. The topological polar surface area (TPSA) is 29.1 Å². The highest BCUT2D eigenvalue weighted by Crippen LogP contribution is 2.33. The van der Waals surface area contributed by atoms with Gasteiger partial charge in [0, 0.05) is 12.0 Å². The number of carbonyl (C=O) groups is 1. The molecule has 0 heterocycles. The lowest BCUT2D eigenvalue weighted by Gasteiger charge is -2.32. The zero-order valence-electron chi connectivity index (χ0n) is 9.89. The average molecular weight is 197 g/mol. The maximum Gasteiger partial charge on any atom is 0.155 e. The summed E-state index contributed by atoms with van der Waals surface area (Å²) in [6.45, 7) is 8.25. The fourth-order valence-corrected chi connectivity index (χ4v) is 2.55. The molecular weight excluding hydrogens is 174 g/mol. The molecule has 0 unspecified atom stereocenters. The molecule has 14 heavy (non-hydrogen) atoms. The van der Waals surface area contributed by atoms with E-state index in [1.165, 1.54) is 12.8 Å². The molecule has 1 aliphatic carbocycles. The Morgan fingerprint density at radius 2 is 1.64 bits per heavy atom. The third-order valence-corrected chi connectivity index (χ3v) is 3.02. The molecule has 1 saturated carbocycles. The molecule has 0 aliphatic heterocycles. The minimum atomic E-state index is -0.192. The van der Waals surface area contributed by atoms with E-state index in [1.54, 1.807) is 0 Å². The van der Waals surface area contributed by atoms with Gasteiger partial charge in [-0.15, -0.1) is 0 Å². The molecule has 1 aliphatic rings. The predicted molar refractivity (Wildman–Crippen MR) is 59.3 cm³/mol. The van der Waals surface area contributed by atoms with Crippen molar-refractivity contribution in [2.75, 3.05) is 0 Å². The first-order chi connectivity index (χ1) is 6.48. The average Bonchev–Trinajstić information content (AvgIpc) is 2.51. The lowest BCUT2D eigenvalue weighted by Crippen LogP contribution is -2.54. The molecule has 0 aromatic carbocycles. The lowest BCUT2D eigenvalue weighted by atomic mass is 9.85. The minimum Gasteiger partial charge on any atom is -0.303 e. The third kappa shape index (κ3) is 2.35. The van der Waals surface area contributed by atoms with Crippen LogP contribution in [0, 0.1) is 5.92 Å². The molecule has 1 fully saturated rings. The van der Waals surface area contributed by atoms with E-state index in [2.05, 4.69) is 19.2 Å². The van der Waals surface area contributed by atoms with Gasteiger partial charge >= 0.3 is 0 Å². The van der Waals surface area contributed by atoms with Crippen LogP contribution in [0.4, 0.5) is 0 Å². The Morgan fingerprint density at radius 3 is 2.00 bits per heavy atom. The smallest absolute Gasteiger partial charge is 0.155 e. The van der Waals surface area contributed by atoms with E-state index in [4.69, 9.17) is 0 Å². The number of ketones is 1. The van der Waals surface area contributed by atoms with Gasteiger partial charge in [0.05, 0.1) is 5.54 Å². The van der Waals surface area contributed by atoms with Crippen molar-refractivity contribution in [2.24, 2.45) is 5.92 Å². The van der Waals surface area contributed by atoms with Crippen molar-refractivity contribution in [1.29, 1.82) is 0 Å². The van der Waals surface area contributed by atoms with E-state index in [-0.39, 0.29) is 11.5 Å². The summed E-state index contributed by atoms with van der Waals surface area (Å²) in [4.78, 5) is 12.1. The highest BCUT2D eigenvalue weighted by Gasteiger charge is 2.41. The number of hydrogen-bond acceptors (Lipinski definition) is 2. The van der Waals surface area contributed by atoms with E-state index < -0.39 is 0 Å². The molecule has 0 aromatic rings. The summed E-state index contributed by atoms with van der Waals surface area (Å²) < 4.78 is 0. The first-order valence-electron chi connectivity index (χ1n) is 5.80. The molecule has 0 bridgehead atoms. The number of hydrogen-bond donors (Lipinski definition) is 1. The monoisotopic (exact) mass is 197 g/mol. The van der Waals surface area contributed by atoms with Gasteiger partial charge in [0.25, 0.3) is 0 Å². The molecule has 2 heteroatoms. The first kappa shape index (κ1) is 11.7. The van der Waals surface area contributed by atoms with Crippen LogP contribution in [0.2, 0.25) is 0 Å². The van der Waals surface area contributed by atoms with Crippen LogP contribution in [0.1, 0.15) is 53.4 Å². The van der Waals surface area contributed by atoms with Crippen molar-refractivity contribution in [3.05, 3.63) is 0 Å². The summed E-state index contributed by atoms with van der Waals surface area (Å²) in [7, 11) is 0. The Labute approximate surface area is 87.5 Å². The highest BCUT2D eigenvalue weighted by atomic mass is 16.1. The van der Waals surface area contributed by atoms with Crippen molar-refractivity contribution in [1.82, 2.24) is 5.32 Å². The van der Waals surface area contributed by atoms with Crippen LogP contribution in [0.5, 0.6) is 0 Å².